The third-order valence-electron chi connectivity index (χ3n) is 3.30. The van der Waals surface area contributed by atoms with Crippen LogP contribution in [0.15, 0.2) is 59.1 Å². The smallest absolute Gasteiger partial charge is 0.244 e. The summed E-state index contributed by atoms with van der Waals surface area (Å²) in [5.74, 6) is -0.621. The van der Waals surface area contributed by atoms with Crippen molar-refractivity contribution in [2.75, 3.05) is 5.32 Å². The molecule has 0 radical (unpaired) electrons. The molecule has 2 aromatic rings. The molecule has 0 heterocycles. The summed E-state index contributed by atoms with van der Waals surface area (Å²) in [5, 5.41) is 14.0. The highest BCUT2D eigenvalue weighted by atomic mass is 79.9. The number of nitrogens with one attached hydrogen (secondary N) is 2. The molecule has 2 aromatic carbocycles. The van der Waals surface area contributed by atoms with E-state index in [4.69, 9.17) is 5.26 Å². The number of para-hydroxylation sites is 1. The minimum Gasteiger partial charge on any atom is -0.348 e. The van der Waals surface area contributed by atoms with Gasteiger partial charge in [-0.1, -0.05) is 52.3 Å². The van der Waals surface area contributed by atoms with Crippen LogP contribution in [0, 0.1) is 11.3 Å². The zero-order valence-electron chi connectivity index (χ0n) is 13.3. The van der Waals surface area contributed by atoms with Crippen molar-refractivity contribution < 1.29 is 9.59 Å². The van der Waals surface area contributed by atoms with Gasteiger partial charge in [-0.05, 0) is 29.3 Å². The Balaban J connectivity index is 1.97. The Morgan fingerprint density at radius 3 is 2.60 bits per heavy atom. The summed E-state index contributed by atoms with van der Waals surface area (Å²) in [5.41, 5.74) is 2.25. The molecule has 0 bridgehead atoms. The molecule has 0 aliphatic heterocycles. The lowest BCUT2D eigenvalue weighted by molar-refractivity contribution is -0.116. The van der Waals surface area contributed by atoms with Crippen molar-refractivity contribution in [3.8, 4) is 6.07 Å². The second-order valence-corrected chi connectivity index (χ2v) is 5.97. The molecule has 0 unspecified atom stereocenters. The zero-order chi connectivity index (χ0) is 18.1. The van der Waals surface area contributed by atoms with E-state index in [9.17, 15) is 9.59 Å². The Labute approximate surface area is 154 Å². The largest absolute Gasteiger partial charge is 0.348 e. The third kappa shape index (κ3) is 5.90. The first-order valence-corrected chi connectivity index (χ1v) is 8.34. The molecule has 0 aliphatic carbocycles. The number of amides is 2. The number of hydrogen-bond donors (Lipinski definition) is 2. The molecular weight excluding hydrogens is 382 g/mol. The van der Waals surface area contributed by atoms with E-state index in [1.807, 2.05) is 30.3 Å². The molecule has 0 aliphatic rings. The molecule has 2 N–H and O–H groups in total. The maximum atomic E-state index is 12.0. The van der Waals surface area contributed by atoms with E-state index in [0.717, 1.165) is 15.6 Å². The lowest BCUT2D eigenvalue weighted by Crippen LogP contribution is -2.21. The average Bonchev–Trinajstić information content (AvgIpc) is 2.60. The number of nitrogens with zero attached hydrogens (tertiary/aromatic N) is 1. The van der Waals surface area contributed by atoms with Crippen LogP contribution in [0.25, 0.3) is 6.08 Å². The maximum absolute atomic E-state index is 12.0. The first kappa shape index (κ1) is 18.4. The van der Waals surface area contributed by atoms with Crippen LogP contribution in [-0.2, 0) is 16.1 Å². The summed E-state index contributed by atoms with van der Waals surface area (Å²) in [4.78, 5) is 23.6. The quantitative estimate of drug-likeness (QED) is 0.730. The number of carbonyl (C=O) groups excluding carboxylic acids is 2. The summed E-state index contributed by atoms with van der Waals surface area (Å²) < 4.78 is 0.907. The molecule has 0 saturated carbocycles. The van der Waals surface area contributed by atoms with Crippen molar-refractivity contribution >= 4 is 39.5 Å². The van der Waals surface area contributed by atoms with E-state index in [1.54, 1.807) is 30.3 Å². The number of rotatable bonds is 6. The molecule has 2 amide bonds. The number of benzene rings is 2. The summed E-state index contributed by atoms with van der Waals surface area (Å²) in [6, 6.07) is 16.5. The van der Waals surface area contributed by atoms with E-state index in [0.29, 0.717) is 5.69 Å². The average molecular weight is 398 g/mol. The van der Waals surface area contributed by atoms with Gasteiger partial charge in [-0.2, -0.15) is 5.26 Å². The van der Waals surface area contributed by atoms with Crippen LogP contribution in [0.1, 0.15) is 17.5 Å². The van der Waals surface area contributed by atoms with E-state index in [2.05, 4.69) is 26.6 Å². The van der Waals surface area contributed by atoms with Crippen molar-refractivity contribution in [2.24, 2.45) is 0 Å². The van der Waals surface area contributed by atoms with Gasteiger partial charge < -0.3 is 10.6 Å². The predicted molar refractivity (Wildman–Crippen MR) is 100 cm³/mol. The normalized spacial score (nSPS) is 10.2. The third-order valence-corrected chi connectivity index (χ3v) is 4.03. The van der Waals surface area contributed by atoms with E-state index < -0.39 is 0 Å². The molecule has 6 heteroatoms. The molecule has 2 rings (SSSR count). The number of nitriles is 1. The molecule has 5 nitrogen and oxygen atoms in total. The van der Waals surface area contributed by atoms with E-state index >= 15 is 0 Å². The highest BCUT2D eigenvalue weighted by molar-refractivity contribution is 9.10. The Morgan fingerprint density at radius 2 is 1.84 bits per heavy atom. The lowest BCUT2D eigenvalue weighted by atomic mass is 10.1. The minimum atomic E-state index is -0.380. The van der Waals surface area contributed by atoms with Gasteiger partial charge >= 0.3 is 0 Å². The minimum absolute atomic E-state index is 0.213. The monoisotopic (exact) mass is 397 g/mol. The molecule has 0 fully saturated rings. The van der Waals surface area contributed by atoms with Crippen molar-refractivity contribution in [3.63, 3.8) is 0 Å². The topological polar surface area (TPSA) is 82.0 Å². The Hall–Kier alpha value is -2.91. The summed E-state index contributed by atoms with van der Waals surface area (Å²) in [7, 11) is 0. The number of anilines is 1. The molecular formula is C19H16BrN3O2. The van der Waals surface area contributed by atoms with Crippen LogP contribution in [0.2, 0.25) is 0 Å². The fourth-order valence-corrected chi connectivity index (χ4v) is 2.50. The van der Waals surface area contributed by atoms with Crippen LogP contribution in [0.3, 0.4) is 0 Å². The Kier molecular flexibility index (Phi) is 6.93. The van der Waals surface area contributed by atoms with Gasteiger partial charge in [-0.25, -0.2) is 0 Å². The molecule has 25 heavy (non-hydrogen) atoms. The second-order valence-electron chi connectivity index (χ2n) is 5.11. The van der Waals surface area contributed by atoms with Crippen molar-refractivity contribution in [2.45, 2.75) is 13.0 Å². The van der Waals surface area contributed by atoms with Crippen LogP contribution >= 0.6 is 15.9 Å². The SMILES string of the molecule is N#CCC(=O)Nc1ccccc1CNC(=O)/C=C/c1ccccc1Br. The van der Waals surface area contributed by atoms with Gasteiger partial charge in [-0.3, -0.25) is 9.59 Å². The number of halogens is 1. The van der Waals surface area contributed by atoms with Gasteiger partial charge in [0.05, 0.1) is 6.07 Å². The second kappa shape index (κ2) is 9.40. The van der Waals surface area contributed by atoms with Crippen molar-refractivity contribution in [1.29, 1.82) is 5.26 Å². The standard InChI is InChI=1S/C19H16BrN3O2/c20-16-7-3-1-5-14(16)9-10-18(24)22-13-15-6-2-4-8-17(15)23-19(25)11-12-21/h1-10H,11,13H2,(H,22,24)(H,23,25)/b10-9+. The molecule has 0 saturated heterocycles. The van der Waals surface area contributed by atoms with Gasteiger partial charge in [-0.15, -0.1) is 0 Å². The summed E-state index contributed by atoms with van der Waals surface area (Å²) in [6.45, 7) is 0.266. The molecule has 0 aromatic heterocycles. The van der Waals surface area contributed by atoms with E-state index in [-0.39, 0.29) is 24.8 Å². The Bertz CT molecular complexity index is 841. The van der Waals surface area contributed by atoms with Crippen LogP contribution < -0.4 is 10.6 Å². The van der Waals surface area contributed by atoms with Gasteiger partial charge in [0.1, 0.15) is 6.42 Å². The van der Waals surface area contributed by atoms with Crippen molar-refractivity contribution in [3.05, 3.63) is 70.2 Å². The number of carbonyl (C=O) groups is 2. The van der Waals surface area contributed by atoms with E-state index in [1.165, 1.54) is 6.08 Å². The van der Waals surface area contributed by atoms with Gasteiger partial charge in [0.15, 0.2) is 0 Å². The first-order valence-electron chi connectivity index (χ1n) is 7.55. The van der Waals surface area contributed by atoms with Gasteiger partial charge in [0.25, 0.3) is 0 Å². The predicted octanol–water partition coefficient (Wildman–Crippen LogP) is 3.63. The molecule has 0 spiro atoms. The van der Waals surface area contributed by atoms with Crippen molar-refractivity contribution in [1.82, 2.24) is 5.32 Å². The highest BCUT2D eigenvalue weighted by Crippen LogP contribution is 2.17. The molecule has 126 valence electrons. The highest BCUT2D eigenvalue weighted by Gasteiger charge is 2.07. The maximum Gasteiger partial charge on any atom is 0.244 e. The zero-order valence-corrected chi connectivity index (χ0v) is 14.9. The fraction of sp³-hybridized carbons (Fsp3) is 0.105. The molecule has 0 atom stereocenters. The van der Waals surface area contributed by atoms with Crippen LogP contribution in [0.4, 0.5) is 5.69 Å². The first-order chi connectivity index (χ1) is 12.1. The number of hydrogen-bond acceptors (Lipinski definition) is 3. The summed E-state index contributed by atoms with van der Waals surface area (Å²) >= 11 is 3.42. The van der Waals surface area contributed by atoms with Gasteiger partial charge in [0, 0.05) is 22.8 Å². The summed E-state index contributed by atoms with van der Waals surface area (Å²) in [6.07, 6.45) is 2.96. The lowest BCUT2D eigenvalue weighted by Gasteiger charge is -2.10. The van der Waals surface area contributed by atoms with Gasteiger partial charge in [0.2, 0.25) is 11.8 Å². The fourth-order valence-electron chi connectivity index (χ4n) is 2.08. The van der Waals surface area contributed by atoms with Crippen LogP contribution in [-0.4, -0.2) is 11.8 Å². The van der Waals surface area contributed by atoms with Crippen LogP contribution in [0.5, 0.6) is 0 Å². The Morgan fingerprint density at radius 1 is 1.12 bits per heavy atom.